The second kappa shape index (κ2) is 31.5. The molecule has 20 nitrogen and oxygen atoms in total. The summed E-state index contributed by atoms with van der Waals surface area (Å²) in [5.41, 5.74) is -2.50. The first-order chi connectivity index (χ1) is 32.9. The van der Waals surface area contributed by atoms with Gasteiger partial charge in [0.2, 0.25) is 5.91 Å². The zero-order valence-electron chi connectivity index (χ0n) is 42.5. The topological polar surface area (TPSA) is 268 Å². The van der Waals surface area contributed by atoms with E-state index in [9.17, 15) is 44.4 Å². The number of likely N-dealkylation sites (N-methyl/N-ethyl adjacent to an activating group) is 1. The Balaban J connectivity index is 2.08. The van der Waals surface area contributed by atoms with E-state index >= 15 is 0 Å². The average Bonchev–Trinajstić information content (AvgIpc) is 3.31. The number of pyridine rings is 1. The molecule has 0 spiro atoms. The molecule has 1 aromatic heterocycles. The minimum absolute atomic E-state index is 0.0111. The first kappa shape index (κ1) is 63.1. The average molecular weight is 1030 g/mol. The van der Waals surface area contributed by atoms with E-state index in [2.05, 4.69) is 10.3 Å². The van der Waals surface area contributed by atoms with Crippen LogP contribution in [0.5, 0.6) is 0 Å². The number of esters is 4. The number of nitrogens with zero attached hydrogens (tertiary/aromatic N) is 2. The van der Waals surface area contributed by atoms with Gasteiger partial charge in [0.05, 0.1) is 56.6 Å². The second-order valence-corrected chi connectivity index (χ2v) is 21.3. The number of aliphatic hydroxyl groups excluding tert-OH is 4. The highest BCUT2D eigenvalue weighted by Gasteiger charge is 2.50. The van der Waals surface area contributed by atoms with E-state index in [1.54, 1.807) is 62.3 Å². The van der Waals surface area contributed by atoms with Gasteiger partial charge < -0.3 is 68.5 Å². The Morgan fingerprint density at radius 2 is 1.44 bits per heavy atom. The summed E-state index contributed by atoms with van der Waals surface area (Å²) in [4.78, 5) is 73.0. The van der Waals surface area contributed by atoms with Crippen molar-refractivity contribution in [1.29, 1.82) is 0 Å². The molecule has 9 atom stereocenters. The van der Waals surface area contributed by atoms with Crippen molar-refractivity contribution in [3.05, 3.63) is 24.4 Å². The van der Waals surface area contributed by atoms with Crippen molar-refractivity contribution >= 4 is 65.9 Å². The first-order valence-corrected chi connectivity index (χ1v) is 25.8. The van der Waals surface area contributed by atoms with Crippen LogP contribution in [-0.4, -0.2) is 204 Å². The van der Waals surface area contributed by atoms with Gasteiger partial charge in [-0.25, -0.2) is 4.98 Å². The monoisotopic (exact) mass is 1030 g/mol. The Labute approximate surface area is 422 Å². The summed E-state index contributed by atoms with van der Waals surface area (Å²) in [5.74, 6) is -2.39. The van der Waals surface area contributed by atoms with Gasteiger partial charge >= 0.3 is 23.9 Å². The highest BCUT2D eigenvalue weighted by Crippen LogP contribution is 2.47. The fraction of sp³-hybridized carbons (Fsp3) is 0.783. The predicted octanol–water partition coefficient (Wildman–Crippen LogP) is 2.37. The molecule has 70 heavy (non-hydrogen) atoms. The minimum Gasteiger partial charge on any atom is -0.465 e. The summed E-state index contributed by atoms with van der Waals surface area (Å²) in [6, 6.07) is 4.49. The van der Waals surface area contributed by atoms with Gasteiger partial charge in [-0.05, 0) is 63.7 Å². The molecule has 2 radical (unpaired) electrons. The van der Waals surface area contributed by atoms with E-state index < -0.39 is 94.6 Å². The van der Waals surface area contributed by atoms with Crippen molar-refractivity contribution in [1.82, 2.24) is 15.2 Å². The van der Waals surface area contributed by atoms with E-state index in [-0.39, 0.29) is 78.5 Å². The van der Waals surface area contributed by atoms with Crippen molar-refractivity contribution in [2.75, 3.05) is 92.5 Å². The molecular formula is C46H77B2N3O17S2. The number of hydrogen-bond donors (Lipinski definition) is 5. The van der Waals surface area contributed by atoms with Gasteiger partial charge in [0.1, 0.15) is 70.4 Å². The van der Waals surface area contributed by atoms with Crippen LogP contribution in [0.2, 0.25) is 23.3 Å². The van der Waals surface area contributed by atoms with Crippen LogP contribution < -0.4 is 5.32 Å². The molecule has 4 unspecified atom stereocenters. The summed E-state index contributed by atoms with van der Waals surface area (Å²) in [5, 5.41) is 40.8. The minimum atomic E-state index is -1.46. The number of aromatic nitrogens is 1. The maximum atomic E-state index is 14.2. The number of amides is 1. The zero-order chi connectivity index (χ0) is 52.5. The Hall–Kier alpha value is -3.03. The molecule has 396 valence electrons. The summed E-state index contributed by atoms with van der Waals surface area (Å²) in [7, 11) is 10.0. The van der Waals surface area contributed by atoms with E-state index in [1.807, 2.05) is 37.2 Å². The van der Waals surface area contributed by atoms with Crippen molar-refractivity contribution in [2.24, 2.45) is 10.8 Å². The predicted molar refractivity (Wildman–Crippen MR) is 264 cm³/mol. The highest BCUT2D eigenvalue weighted by molar-refractivity contribution is 8.76. The SMILES string of the molecule is CCC(C)([B]CC(C)(CC(C)([B]CC(C)(C)C(=O)OCCN(C)C)C(=O)OCCSSc1ccccn1)C(=O)OCC(C)O)C(=O)OCCOCCOCCO[C@@H]1O[C@H](CO)[C@H](O)[C@H](O)[C@H]1NC(C)=O. The first-order valence-electron chi connectivity index (χ1n) is 23.5. The highest BCUT2D eigenvalue weighted by atomic mass is 33.1. The lowest BCUT2D eigenvalue weighted by atomic mass is 9.41. The molecule has 0 aromatic carbocycles. The molecule has 0 aliphatic carbocycles. The van der Waals surface area contributed by atoms with E-state index in [0.29, 0.717) is 18.7 Å². The van der Waals surface area contributed by atoms with Crippen LogP contribution in [0.3, 0.4) is 0 Å². The lowest BCUT2D eigenvalue weighted by Crippen LogP contribution is -2.64. The van der Waals surface area contributed by atoms with Crippen molar-refractivity contribution in [2.45, 2.75) is 133 Å². The van der Waals surface area contributed by atoms with Crippen LogP contribution in [0.25, 0.3) is 0 Å². The molecule has 5 N–H and O–H groups in total. The molecule has 1 aromatic rings. The summed E-state index contributed by atoms with van der Waals surface area (Å²) in [6.45, 7) is 13.1. The number of aliphatic hydroxyl groups is 4. The number of hydrogen-bond acceptors (Lipinski definition) is 21. The Morgan fingerprint density at radius 3 is 2.04 bits per heavy atom. The van der Waals surface area contributed by atoms with E-state index in [4.69, 9.17) is 37.9 Å². The van der Waals surface area contributed by atoms with Gasteiger partial charge in [-0.3, -0.25) is 24.0 Å². The Bertz CT molecular complexity index is 1740. The van der Waals surface area contributed by atoms with Crippen LogP contribution in [0.1, 0.15) is 68.2 Å². The molecule has 1 fully saturated rings. The number of nitrogens with one attached hydrogen (secondary N) is 1. The van der Waals surface area contributed by atoms with Crippen LogP contribution in [0, 0.1) is 10.8 Å². The molecule has 0 bridgehead atoms. The van der Waals surface area contributed by atoms with E-state index in [1.165, 1.54) is 35.4 Å². The van der Waals surface area contributed by atoms with Crippen molar-refractivity contribution < 1.29 is 82.3 Å². The number of ether oxygens (including phenoxy) is 8. The third-order valence-electron chi connectivity index (χ3n) is 11.5. The molecule has 1 aliphatic rings. The van der Waals surface area contributed by atoms with Crippen molar-refractivity contribution in [3.63, 3.8) is 0 Å². The maximum Gasteiger partial charge on any atom is 0.311 e. The summed E-state index contributed by atoms with van der Waals surface area (Å²) in [6.07, 6.45) is -4.21. The number of carbonyl (C=O) groups is 5. The summed E-state index contributed by atoms with van der Waals surface area (Å²) < 4.78 is 44.9. The third-order valence-corrected chi connectivity index (χ3v) is 13.8. The standard InChI is InChI=1S/C46H77B2N3O17S2/c1-11-45(7,41(59)65-23-21-62-19-18-61-20-22-63-38-35(50-32(3)54)37(56)36(55)33(26-52)68-38)48-30-44(6,40(58)67-27-31(2)53)28-46(8,47-29-43(4,5)39(57)64-17-16-51(9)10)42(60)66-24-25-69-70-34-14-12-13-15-49-34/h12-15,31,33,35-38,52-53,55-56H,11,16-30H2,1-10H3,(H,50,54)/t31?,33-,35-,36+,37-,38-,44?,45?,46?/m1/s1. The fourth-order valence-corrected chi connectivity index (χ4v) is 8.59. The van der Waals surface area contributed by atoms with Gasteiger partial charge in [-0.2, -0.15) is 0 Å². The van der Waals surface area contributed by atoms with E-state index in [0.717, 1.165) is 5.03 Å². The molecule has 1 aliphatic heterocycles. The maximum absolute atomic E-state index is 14.2. The van der Waals surface area contributed by atoms with Crippen LogP contribution in [-0.2, 0) is 61.9 Å². The largest absolute Gasteiger partial charge is 0.465 e. The third kappa shape index (κ3) is 22.0. The van der Waals surface area contributed by atoms with Gasteiger partial charge in [0.25, 0.3) is 0 Å². The van der Waals surface area contributed by atoms with Crippen molar-refractivity contribution in [3.8, 4) is 0 Å². The lowest BCUT2D eigenvalue weighted by Gasteiger charge is -2.42. The van der Waals surface area contributed by atoms with Crippen LogP contribution >= 0.6 is 21.6 Å². The Kier molecular flexibility index (Phi) is 28.4. The second-order valence-electron chi connectivity index (χ2n) is 18.9. The van der Waals surface area contributed by atoms with Gasteiger partial charge in [-0.15, -0.1) is 0 Å². The lowest BCUT2D eigenvalue weighted by molar-refractivity contribution is -0.272. The smallest absolute Gasteiger partial charge is 0.311 e. The quantitative estimate of drug-likeness (QED) is 0.0215. The van der Waals surface area contributed by atoms with Crippen LogP contribution in [0.4, 0.5) is 0 Å². The van der Waals surface area contributed by atoms with Gasteiger partial charge in [0.15, 0.2) is 6.29 Å². The molecule has 1 amide bonds. The molecule has 1 saturated heterocycles. The molecular weight excluding hydrogens is 952 g/mol. The van der Waals surface area contributed by atoms with Crippen LogP contribution in [0.15, 0.2) is 29.4 Å². The fourth-order valence-electron chi connectivity index (χ4n) is 6.89. The molecule has 24 heteroatoms. The van der Waals surface area contributed by atoms with Gasteiger partial charge in [0, 0.05) is 36.0 Å². The zero-order valence-corrected chi connectivity index (χ0v) is 44.2. The molecule has 0 saturated carbocycles. The number of carbonyl (C=O) groups excluding carboxylic acids is 5. The summed E-state index contributed by atoms with van der Waals surface area (Å²) >= 11 is 0. The normalized spacial score (nSPS) is 21.3. The van der Waals surface area contributed by atoms with Gasteiger partial charge in [-0.1, -0.05) is 64.1 Å². The number of rotatable bonds is 35. The Morgan fingerprint density at radius 1 is 0.829 bits per heavy atom. The molecule has 2 rings (SSSR count). The molecule has 2 heterocycles.